The minimum absolute atomic E-state index is 0.0662. The number of nitro benzene ring substituents is 1. The van der Waals surface area contributed by atoms with Crippen LogP contribution in [0.3, 0.4) is 0 Å². The first-order valence-electron chi connectivity index (χ1n) is 6.81. The second-order valence-corrected chi connectivity index (χ2v) is 6.42. The molecule has 1 aromatic rings. The molecule has 0 aliphatic carbocycles. The molecule has 116 valence electrons. The summed E-state index contributed by atoms with van der Waals surface area (Å²) in [6.07, 6.45) is 0. The first kappa shape index (κ1) is 17.1. The zero-order chi connectivity index (χ0) is 16.4. The summed E-state index contributed by atoms with van der Waals surface area (Å²) in [5, 5.41) is 11.2. The molecule has 0 heterocycles. The minimum Gasteiger partial charge on any atom is -0.366 e. The van der Waals surface area contributed by atoms with E-state index in [0.717, 1.165) is 0 Å². The summed E-state index contributed by atoms with van der Waals surface area (Å²) in [5.41, 5.74) is 5.89. The first-order chi connectivity index (χ1) is 9.54. The van der Waals surface area contributed by atoms with Crippen molar-refractivity contribution in [2.24, 2.45) is 11.1 Å². The van der Waals surface area contributed by atoms with Gasteiger partial charge in [-0.1, -0.05) is 26.8 Å². The summed E-state index contributed by atoms with van der Waals surface area (Å²) in [5.74, 6) is -0.666. The van der Waals surface area contributed by atoms with E-state index in [1.165, 1.54) is 12.1 Å². The highest BCUT2D eigenvalue weighted by Gasteiger charge is 2.26. The average molecular weight is 293 g/mol. The average Bonchev–Trinajstić information content (AvgIpc) is 2.36. The van der Waals surface area contributed by atoms with Crippen LogP contribution >= 0.6 is 0 Å². The Bertz CT molecular complexity index is 550. The van der Waals surface area contributed by atoms with Crippen LogP contribution in [0.1, 0.15) is 43.6 Å². The van der Waals surface area contributed by atoms with E-state index >= 15 is 0 Å². The van der Waals surface area contributed by atoms with Gasteiger partial charge in [-0.05, 0) is 25.5 Å². The van der Waals surface area contributed by atoms with Gasteiger partial charge < -0.3 is 5.73 Å². The molecule has 6 heteroatoms. The second-order valence-electron chi connectivity index (χ2n) is 6.42. The van der Waals surface area contributed by atoms with Gasteiger partial charge in [0, 0.05) is 29.8 Å². The van der Waals surface area contributed by atoms with Gasteiger partial charge >= 0.3 is 0 Å². The lowest BCUT2D eigenvalue weighted by Crippen LogP contribution is -2.38. The van der Waals surface area contributed by atoms with Gasteiger partial charge in [0.15, 0.2) is 0 Å². The Morgan fingerprint density at radius 3 is 2.43 bits per heavy atom. The number of nitrogens with zero attached hydrogens (tertiary/aromatic N) is 2. The van der Waals surface area contributed by atoms with Crippen LogP contribution < -0.4 is 5.73 Å². The highest BCUT2D eigenvalue weighted by atomic mass is 16.6. The van der Waals surface area contributed by atoms with Crippen molar-refractivity contribution in [2.75, 3.05) is 7.05 Å². The number of hydrogen-bond acceptors (Lipinski definition) is 4. The monoisotopic (exact) mass is 293 g/mol. The topological polar surface area (TPSA) is 89.5 Å². The molecule has 1 atom stereocenters. The number of benzene rings is 1. The third kappa shape index (κ3) is 4.26. The third-order valence-corrected chi connectivity index (χ3v) is 3.90. The van der Waals surface area contributed by atoms with Crippen molar-refractivity contribution in [3.05, 3.63) is 39.4 Å². The third-order valence-electron chi connectivity index (χ3n) is 3.90. The summed E-state index contributed by atoms with van der Waals surface area (Å²) in [4.78, 5) is 23.9. The van der Waals surface area contributed by atoms with E-state index in [2.05, 4.69) is 32.6 Å². The van der Waals surface area contributed by atoms with E-state index in [-0.39, 0.29) is 22.7 Å². The van der Waals surface area contributed by atoms with Gasteiger partial charge in [0.2, 0.25) is 5.91 Å². The van der Waals surface area contributed by atoms with Gasteiger partial charge in [0.25, 0.3) is 5.69 Å². The number of nitro groups is 1. The van der Waals surface area contributed by atoms with Crippen LogP contribution in [0, 0.1) is 15.5 Å². The first-order valence-corrected chi connectivity index (χ1v) is 6.81. The predicted octanol–water partition coefficient (Wildman–Crippen LogP) is 2.56. The van der Waals surface area contributed by atoms with Crippen LogP contribution in [-0.2, 0) is 6.54 Å². The maximum atomic E-state index is 11.2. The molecule has 0 aliphatic heterocycles. The smallest absolute Gasteiger partial charge is 0.274 e. The Hall–Kier alpha value is -1.95. The highest BCUT2D eigenvalue weighted by molar-refractivity contribution is 5.93. The van der Waals surface area contributed by atoms with Gasteiger partial charge in [-0.3, -0.25) is 19.8 Å². The number of rotatable bonds is 5. The maximum Gasteiger partial charge on any atom is 0.274 e. The molecule has 0 saturated heterocycles. The fraction of sp³-hybridized carbons (Fsp3) is 0.533. The maximum absolute atomic E-state index is 11.2. The number of carbonyl (C=O) groups is 1. The molecule has 1 unspecified atom stereocenters. The SMILES string of the molecule is CC(N(C)Cc1ccc(C(N)=O)cc1[N+](=O)[O-])C(C)(C)C. The van der Waals surface area contributed by atoms with E-state index < -0.39 is 10.8 Å². The largest absolute Gasteiger partial charge is 0.366 e. The van der Waals surface area contributed by atoms with Crippen LogP contribution in [0.2, 0.25) is 0 Å². The molecule has 0 aliphatic rings. The Balaban J connectivity index is 3.08. The molecule has 21 heavy (non-hydrogen) atoms. The molecule has 1 amide bonds. The summed E-state index contributed by atoms with van der Waals surface area (Å²) in [7, 11) is 1.93. The van der Waals surface area contributed by atoms with Crippen molar-refractivity contribution in [3.63, 3.8) is 0 Å². The summed E-state index contributed by atoms with van der Waals surface area (Å²) in [6, 6.07) is 4.62. The van der Waals surface area contributed by atoms with E-state index in [4.69, 9.17) is 5.73 Å². The molecular weight excluding hydrogens is 270 g/mol. The molecule has 2 N–H and O–H groups in total. The molecule has 6 nitrogen and oxygen atoms in total. The molecule has 0 aromatic heterocycles. The number of carbonyl (C=O) groups excluding carboxylic acids is 1. The Labute approximate surface area is 125 Å². The van der Waals surface area contributed by atoms with E-state index in [0.29, 0.717) is 12.1 Å². The summed E-state index contributed by atoms with van der Waals surface area (Å²) >= 11 is 0. The fourth-order valence-corrected chi connectivity index (χ4v) is 2.09. The van der Waals surface area contributed by atoms with Crippen LogP contribution in [0.5, 0.6) is 0 Å². The van der Waals surface area contributed by atoms with E-state index in [1.807, 2.05) is 7.05 Å². The molecular formula is C15H23N3O3. The van der Waals surface area contributed by atoms with E-state index in [1.54, 1.807) is 6.07 Å². The highest BCUT2D eigenvalue weighted by Crippen LogP contribution is 2.27. The zero-order valence-electron chi connectivity index (χ0n) is 13.2. The normalized spacial score (nSPS) is 13.2. The van der Waals surface area contributed by atoms with Crippen molar-refractivity contribution in [2.45, 2.75) is 40.3 Å². The van der Waals surface area contributed by atoms with Crippen LogP contribution in [0.25, 0.3) is 0 Å². The lowest BCUT2D eigenvalue weighted by Gasteiger charge is -2.35. The quantitative estimate of drug-likeness (QED) is 0.667. The van der Waals surface area contributed by atoms with Crippen LogP contribution in [0.4, 0.5) is 5.69 Å². The minimum atomic E-state index is -0.666. The van der Waals surface area contributed by atoms with E-state index in [9.17, 15) is 14.9 Å². The Morgan fingerprint density at radius 1 is 1.43 bits per heavy atom. The lowest BCUT2D eigenvalue weighted by atomic mass is 9.87. The number of hydrogen-bond donors (Lipinski definition) is 1. The van der Waals surface area contributed by atoms with Gasteiger partial charge in [0.1, 0.15) is 0 Å². The van der Waals surface area contributed by atoms with Crippen molar-refractivity contribution in [3.8, 4) is 0 Å². The van der Waals surface area contributed by atoms with Crippen LogP contribution in [0.15, 0.2) is 18.2 Å². The molecule has 0 fully saturated rings. The molecule has 1 aromatic carbocycles. The van der Waals surface area contributed by atoms with Crippen molar-refractivity contribution < 1.29 is 9.72 Å². The zero-order valence-corrected chi connectivity index (χ0v) is 13.2. The van der Waals surface area contributed by atoms with Gasteiger partial charge in [-0.25, -0.2) is 0 Å². The lowest BCUT2D eigenvalue weighted by molar-refractivity contribution is -0.385. The van der Waals surface area contributed by atoms with Gasteiger partial charge in [-0.2, -0.15) is 0 Å². The Kier molecular flexibility index (Phi) is 5.06. The van der Waals surface area contributed by atoms with Crippen LogP contribution in [-0.4, -0.2) is 28.8 Å². The number of primary amides is 1. The standard InChI is InChI=1S/C15H23N3O3/c1-10(15(2,3)4)17(5)9-12-7-6-11(14(16)19)8-13(12)18(20)21/h6-8,10H,9H2,1-5H3,(H2,16,19). The second kappa shape index (κ2) is 6.22. The van der Waals surface area contributed by atoms with Crippen molar-refractivity contribution in [1.29, 1.82) is 0 Å². The fourth-order valence-electron chi connectivity index (χ4n) is 2.09. The number of amides is 1. The van der Waals surface area contributed by atoms with Crippen molar-refractivity contribution in [1.82, 2.24) is 4.90 Å². The molecule has 0 bridgehead atoms. The van der Waals surface area contributed by atoms with Gasteiger partial charge in [0.05, 0.1) is 4.92 Å². The summed E-state index contributed by atoms with van der Waals surface area (Å²) in [6.45, 7) is 8.90. The van der Waals surface area contributed by atoms with Gasteiger partial charge in [-0.15, -0.1) is 0 Å². The molecule has 0 saturated carbocycles. The summed E-state index contributed by atoms with van der Waals surface area (Å²) < 4.78 is 0. The van der Waals surface area contributed by atoms with Crippen molar-refractivity contribution >= 4 is 11.6 Å². The Morgan fingerprint density at radius 2 is 2.00 bits per heavy atom. The predicted molar refractivity (Wildman–Crippen MR) is 82.0 cm³/mol. The number of nitrogens with two attached hydrogens (primary N) is 1. The molecule has 1 rings (SSSR count). The molecule has 0 radical (unpaired) electrons. The molecule has 0 spiro atoms.